The first-order valence-corrected chi connectivity index (χ1v) is 10.2. The number of imide groups is 1. The third-order valence-electron chi connectivity index (χ3n) is 4.02. The molecular formula is C20H19ClN2O4S. The Labute approximate surface area is 172 Å². The van der Waals surface area contributed by atoms with Crippen molar-refractivity contribution in [3.63, 3.8) is 0 Å². The summed E-state index contributed by atoms with van der Waals surface area (Å²) in [5.41, 5.74) is 1.06. The van der Waals surface area contributed by atoms with Crippen LogP contribution >= 0.6 is 23.4 Å². The van der Waals surface area contributed by atoms with Gasteiger partial charge in [0.1, 0.15) is 5.75 Å². The highest BCUT2D eigenvalue weighted by Gasteiger charge is 2.40. The molecule has 6 nitrogen and oxygen atoms in total. The van der Waals surface area contributed by atoms with Gasteiger partial charge in [0.15, 0.2) is 0 Å². The van der Waals surface area contributed by atoms with Crippen molar-refractivity contribution in [2.24, 2.45) is 0 Å². The van der Waals surface area contributed by atoms with Gasteiger partial charge in [-0.1, -0.05) is 23.7 Å². The second-order valence-corrected chi connectivity index (χ2v) is 7.69. The van der Waals surface area contributed by atoms with Crippen molar-refractivity contribution < 1.29 is 19.1 Å². The van der Waals surface area contributed by atoms with E-state index in [0.29, 0.717) is 28.8 Å². The standard InChI is InChI=1S/C20H19ClN2O4S/c1-2-27-16-8-4-7-15(10-16)23-19(25)11-17(20(23)26)28-12-18(24)22-14-6-3-5-13(21)9-14/h3-10,17H,2,11-12H2,1H3,(H,22,24)/t17-/m1/s1. The molecule has 3 amide bonds. The van der Waals surface area contributed by atoms with Crippen molar-refractivity contribution in [1.82, 2.24) is 0 Å². The molecule has 1 heterocycles. The first-order valence-electron chi connectivity index (χ1n) is 8.74. The number of rotatable bonds is 7. The summed E-state index contributed by atoms with van der Waals surface area (Å²) in [6.07, 6.45) is 0.0623. The molecule has 1 aliphatic rings. The van der Waals surface area contributed by atoms with E-state index in [1.54, 1.807) is 48.5 Å². The number of halogens is 1. The smallest absolute Gasteiger partial charge is 0.247 e. The van der Waals surface area contributed by atoms with Gasteiger partial charge in [-0.05, 0) is 37.3 Å². The third kappa shape index (κ3) is 4.85. The Bertz CT molecular complexity index is 905. The van der Waals surface area contributed by atoms with Crippen molar-refractivity contribution in [3.8, 4) is 5.75 Å². The number of hydrogen-bond acceptors (Lipinski definition) is 5. The lowest BCUT2D eigenvalue weighted by Crippen LogP contribution is -2.31. The lowest BCUT2D eigenvalue weighted by atomic mass is 10.3. The van der Waals surface area contributed by atoms with Gasteiger partial charge in [0.25, 0.3) is 0 Å². The minimum atomic E-state index is -0.589. The van der Waals surface area contributed by atoms with Gasteiger partial charge in [-0.2, -0.15) is 0 Å². The van der Waals surface area contributed by atoms with E-state index in [0.717, 1.165) is 16.7 Å². The zero-order valence-corrected chi connectivity index (χ0v) is 16.8. The molecule has 1 saturated heterocycles. The first kappa shape index (κ1) is 20.2. The number of nitrogens with one attached hydrogen (secondary N) is 1. The Kier molecular flexibility index (Phi) is 6.59. The van der Waals surface area contributed by atoms with E-state index >= 15 is 0 Å². The predicted octanol–water partition coefficient (Wildman–Crippen LogP) is 3.74. The van der Waals surface area contributed by atoms with Crippen molar-refractivity contribution in [2.45, 2.75) is 18.6 Å². The molecule has 2 aromatic rings. The summed E-state index contributed by atoms with van der Waals surface area (Å²) in [6, 6.07) is 13.7. The summed E-state index contributed by atoms with van der Waals surface area (Å²) in [5.74, 6) is -0.212. The number of amides is 3. The molecule has 0 aliphatic carbocycles. The van der Waals surface area contributed by atoms with Crippen molar-refractivity contribution in [1.29, 1.82) is 0 Å². The van der Waals surface area contributed by atoms with Crippen LogP contribution in [0.2, 0.25) is 5.02 Å². The average molecular weight is 419 g/mol. The van der Waals surface area contributed by atoms with E-state index in [9.17, 15) is 14.4 Å². The number of ether oxygens (including phenoxy) is 1. The van der Waals surface area contributed by atoms with Crippen LogP contribution in [0.1, 0.15) is 13.3 Å². The molecule has 8 heteroatoms. The molecule has 1 aliphatic heterocycles. The van der Waals surface area contributed by atoms with Crippen molar-refractivity contribution in [3.05, 3.63) is 53.6 Å². The Morgan fingerprint density at radius 1 is 1.25 bits per heavy atom. The van der Waals surface area contributed by atoms with E-state index in [4.69, 9.17) is 16.3 Å². The topological polar surface area (TPSA) is 75.7 Å². The van der Waals surface area contributed by atoms with Gasteiger partial charge in [0.2, 0.25) is 17.7 Å². The van der Waals surface area contributed by atoms with Crippen LogP contribution < -0.4 is 15.0 Å². The zero-order valence-electron chi connectivity index (χ0n) is 15.2. The molecule has 2 aromatic carbocycles. The van der Waals surface area contributed by atoms with E-state index in [-0.39, 0.29) is 29.9 Å². The lowest BCUT2D eigenvalue weighted by molar-refractivity contribution is -0.121. The van der Waals surface area contributed by atoms with Crippen LogP contribution in [-0.4, -0.2) is 35.3 Å². The molecular weight excluding hydrogens is 400 g/mol. The highest BCUT2D eigenvalue weighted by atomic mass is 35.5. The van der Waals surface area contributed by atoms with Crippen LogP contribution in [0.3, 0.4) is 0 Å². The fourth-order valence-corrected chi connectivity index (χ4v) is 3.95. The number of anilines is 2. The Morgan fingerprint density at radius 3 is 2.79 bits per heavy atom. The number of nitrogens with zero attached hydrogens (tertiary/aromatic N) is 1. The summed E-state index contributed by atoms with van der Waals surface area (Å²) >= 11 is 7.05. The molecule has 3 rings (SSSR count). The number of hydrogen-bond donors (Lipinski definition) is 1. The van der Waals surface area contributed by atoms with E-state index in [1.165, 1.54) is 0 Å². The van der Waals surface area contributed by atoms with Crippen LogP contribution in [0, 0.1) is 0 Å². The summed E-state index contributed by atoms with van der Waals surface area (Å²) < 4.78 is 5.43. The first-order chi connectivity index (χ1) is 13.5. The Hall–Kier alpha value is -2.51. The van der Waals surface area contributed by atoms with Gasteiger partial charge in [0.05, 0.1) is 23.3 Å². The third-order valence-corrected chi connectivity index (χ3v) is 5.45. The highest BCUT2D eigenvalue weighted by molar-refractivity contribution is 8.01. The SMILES string of the molecule is CCOc1cccc(N2C(=O)C[C@@H](SCC(=O)Nc3cccc(Cl)c3)C2=O)c1. The van der Waals surface area contributed by atoms with Crippen LogP contribution in [0.15, 0.2) is 48.5 Å². The number of thioether (sulfide) groups is 1. The maximum Gasteiger partial charge on any atom is 0.247 e. The molecule has 0 radical (unpaired) electrons. The Balaban J connectivity index is 1.60. The average Bonchev–Trinajstić information content (AvgIpc) is 2.94. The molecule has 0 unspecified atom stereocenters. The van der Waals surface area contributed by atoms with Gasteiger partial charge < -0.3 is 10.1 Å². The van der Waals surface area contributed by atoms with Gasteiger partial charge >= 0.3 is 0 Å². The molecule has 1 atom stereocenters. The predicted molar refractivity (Wildman–Crippen MR) is 111 cm³/mol. The van der Waals surface area contributed by atoms with Crippen molar-refractivity contribution >= 4 is 52.5 Å². The molecule has 28 heavy (non-hydrogen) atoms. The number of carbonyl (C=O) groups is 3. The van der Waals surface area contributed by atoms with E-state index < -0.39 is 5.25 Å². The molecule has 0 saturated carbocycles. The highest BCUT2D eigenvalue weighted by Crippen LogP contribution is 2.31. The van der Waals surface area contributed by atoms with Gasteiger partial charge in [-0.3, -0.25) is 14.4 Å². The molecule has 1 fully saturated rings. The maximum atomic E-state index is 12.7. The summed E-state index contributed by atoms with van der Waals surface area (Å²) in [4.78, 5) is 38.4. The van der Waals surface area contributed by atoms with Crippen LogP contribution in [0.5, 0.6) is 5.75 Å². The second-order valence-electron chi connectivity index (χ2n) is 6.06. The molecule has 0 spiro atoms. The van der Waals surface area contributed by atoms with Gasteiger partial charge in [-0.25, -0.2) is 4.90 Å². The Morgan fingerprint density at radius 2 is 2.04 bits per heavy atom. The normalized spacial score (nSPS) is 16.4. The molecule has 0 bridgehead atoms. The summed E-state index contributed by atoms with van der Waals surface area (Å²) in [6.45, 7) is 2.35. The molecule has 1 N–H and O–H groups in total. The van der Waals surface area contributed by atoms with Crippen molar-refractivity contribution in [2.75, 3.05) is 22.6 Å². The van der Waals surface area contributed by atoms with E-state index in [1.807, 2.05) is 6.92 Å². The van der Waals surface area contributed by atoms with Crippen LogP contribution in [0.4, 0.5) is 11.4 Å². The number of carbonyl (C=O) groups excluding carboxylic acids is 3. The largest absolute Gasteiger partial charge is 0.494 e. The van der Waals surface area contributed by atoms with Crippen LogP contribution in [-0.2, 0) is 14.4 Å². The van der Waals surface area contributed by atoms with Gasteiger partial charge in [-0.15, -0.1) is 11.8 Å². The lowest BCUT2D eigenvalue weighted by Gasteiger charge is -2.16. The molecule has 0 aromatic heterocycles. The molecule has 146 valence electrons. The fraction of sp³-hybridized carbons (Fsp3) is 0.250. The fourth-order valence-electron chi connectivity index (χ4n) is 2.82. The quantitative estimate of drug-likeness (QED) is 0.693. The second kappa shape index (κ2) is 9.12. The zero-order chi connectivity index (χ0) is 20.1. The summed E-state index contributed by atoms with van der Waals surface area (Å²) in [7, 11) is 0. The minimum absolute atomic E-state index is 0.0586. The number of benzene rings is 2. The maximum absolute atomic E-state index is 12.7. The minimum Gasteiger partial charge on any atom is -0.494 e. The monoisotopic (exact) mass is 418 g/mol. The van der Waals surface area contributed by atoms with Gasteiger partial charge in [0, 0.05) is 23.2 Å². The van der Waals surface area contributed by atoms with E-state index in [2.05, 4.69) is 5.32 Å². The summed E-state index contributed by atoms with van der Waals surface area (Å²) in [5, 5.41) is 2.66. The van der Waals surface area contributed by atoms with Crippen LogP contribution in [0.25, 0.3) is 0 Å².